The fraction of sp³-hybridized carbons (Fsp3) is 0.714. The van der Waals surface area contributed by atoms with Crippen LogP contribution in [0.3, 0.4) is 0 Å². The van der Waals surface area contributed by atoms with Gasteiger partial charge >= 0.3 is 11.9 Å². The van der Waals surface area contributed by atoms with Crippen LogP contribution in [0, 0.1) is 33.5 Å². The molecule has 4 nitrogen and oxygen atoms in total. The number of carbonyl (C=O) groups excluding carboxylic acids is 2. The maximum atomic E-state index is 11.8. The molecule has 0 aromatic heterocycles. The SMILES string of the molecule is CC(=O)OC(C#CC(C=C(C(C)(C)C)C(C)(C)C)OC(C)=O)C=C(C(C)(C)C)C(C)(C)C. The van der Waals surface area contributed by atoms with E-state index in [-0.39, 0.29) is 21.7 Å². The fourth-order valence-corrected chi connectivity index (χ4v) is 4.28. The molecule has 0 bridgehead atoms. The van der Waals surface area contributed by atoms with Crippen LogP contribution in [-0.4, -0.2) is 24.1 Å². The summed E-state index contributed by atoms with van der Waals surface area (Å²) in [5.41, 5.74) is 1.77. The molecule has 4 heteroatoms. The van der Waals surface area contributed by atoms with Crippen molar-refractivity contribution in [3.8, 4) is 11.8 Å². The van der Waals surface area contributed by atoms with E-state index in [1.807, 2.05) is 12.2 Å². The van der Waals surface area contributed by atoms with E-state index in [0.29, 0.717) is 0 Å². The van der Waals surface area contributed by atoms with Crippen molar-refractivity contribution in [2.24, 2.45) is 21.7 Å². The Balaban J connectivity index is 6.59. The number of hydrogen-bond acceptors (Lipinski definition) is 4. The number of carbonyl (C=O) groups is 2. The molecule has 0 aromatic rings. The van der Waals surface area contributed by atoms with Crippen LogP contribution in [-0.2, 0) is 19.1 Å². The second-order valence-electron chi connectivity index (χ2n) is 12.5. The minimum Gasteiger partial charge on any atom is -0.445 e. The van der Waals surface area contributed by atoms with Gasteiger partial charge in [-0.15, -0.1) is 0 Å². The van der Waals surface area contributed by atoms with Gasteiger partial charge in [0.15, 0.2) is 12.2 Å². The maximum Gasteiger partial charge on any atom is 0.304 e. The molecule has 0 N–H and O–H groups in total. The van der Waals surface area contributed by atoms with E-state index >= 15 is 0 Å². The Morgan fingerprint density at radius 2 is 0.781 bits per heavy atom. The molecule has 0 saturated carbocycles. The second-order valence-corrected chi connectivity index (χ2v) is 12.5. The van der Waals surface area contributed by atoms with Crippen LogP contribution in [0.15, 0.2) is 23.3 Å². The molecule has 2 atom stereocenters. The van der Waals surface area contributed by atoms with Crippen LogP contribution in [0.4, 0.5) is 0 Å². The first-order valence-corrected chi connectivity index (χ1v) is 11.4. The van der Waals surface area contributed by atoms with E-state index in [2.05, 4.69) is 94.9 Å². The lowest BCUT2D eigenvalue weighted by atomic mass is 9.71. The van der Waals surface area contributed by atoms with Crippen molar-refractivity contribution in [2.75, 3.05) is 0 Å². The van der Waals surface area contributed by atoms with Crippen molar-refractivity contribution in [2.45, 2.75) is 109 Å². The molecule has 0 aliphatic heterocycles. The van der Waals surface area contributed by atoms with Crippen LogP contribution in [0.25, 0.3) is 0 Å². The summed E-state index contributed by atoms with van der Waals surface area (Å²) in [6.45, 7) is 28.3. The summed E-state index contributed by atoms with van der Waals surface area (Å²) in [6.07, 6.45) is 2.38. The number of hydrogen-bond donors (Lipinski definition) is 0. The predicted molar refractivity (Wildman–Crippen MR) is 133 cm³/mol. The monoisotopic (exact) mass is 446 g/mol. The molecule has 32 heavy (non-hydrogen) atoms. The standard InChI is InChI=1S/C28H46O4/c1-19(29)31-21(17-23(25(3,4)5)26(6,7)8)15-16-22(32-20(2)30)18-24(27(9,10)11)28(12,13)14/h17-18,21-22H,1-14H3. The lowest BCUT2D eigenvalue weighted by Gasteiger charge is -2.35. The van der Waals surface area contributed by atoms with Gasteiger partial charge in [0, 0.05) is 13.8 Å². The van der Waals surface area contributed by atoms with E-state index < -0.39 is 24.1 Å². The van der Waals surface area contributed by atoms with E-state index in [9.17, 15) is 9.59 Å². The third-order valence-corrected chi connectivity index (χ3v) is 4.82. The smallest absolute Gasteiger partial charge is 0.304 e. The van der Waals surface area contributed by atoms with Crippen LogP contribution in [0.2, 0.25) is 0 Å². The van der Waals surface area contributed by atoms with Crippen molar-refractivity contribution in [3.63, 3.8) is 0 Å². The first kappa shape index (κ1) is 30.0. The van der Waals surface area contributed by atoms with Crippen LogP contribution >= 0.6 is 0 Å². The van der Waals surface area contributed by atoms with Gasteiger partial charge in [0.2, 0.25) is 0 Å². The van der Waals surface area contributed by atoms with Crippen molar-refractivity contribution >= 4 is 11.9 Å². The molecule has 0 fully saturated rings. The predicted octanol–water partition coefficient (Wildman–Crippen LogP) is 6.89. The van der Waals surface area contributed by atoms with Crippen LogP contribution in [0.5, 0.6) is 0 Å². The van der Waals surface area contributed by atoms with Crippen molar-refractivity contribution in [1.82, 2.24) is 0 Å². The molecule has 0 aliphatic rings. The van der Waals surface area contributed by atoms with E-state index in [4.69, 9.17) is 9.47 Å². The summed E-state index contributed by atoms with van der Waals surface area (Å²) in [4.78, 5) is 23.6. The number of ether oxygens (including phenoxy) is 2. The molecule has 0 heterocycles. The van der Waals surface area contributed by atoms with E-state index in [1.54, 1.807) is 0 Å². The van der Waals surface area contributed by atoms with Gasteiger partial charge in [-0.2, -0.15) is 0 Å². The Bertz CT molecular complexity index is 690. The van der Waals surface area contributed by atoms with E-state index in [0.717, 1.165) is 11.1 Å². The normalized spacial score (nSPS) is 14.3. The largest absolute Gasteiger partial charge is 0.445 e. The van der Waals surface area contributed by atoms with Gasteiger partial charge in [0.1, 0.15) is 0 Å². The summed E-state index contributed by atoms with van der Waals surface area (Å²) in [5.74, 6) is 5.28. The van der Waals surface area contributed by atoms with E-state index in [1.165, 1.54) is 13.8 Å². The summed E-state index contributed by atoms with van der Waals surface area (Å²) in [6, 6.07) is 0. The molecular weight excluding hydrogens is 400 g/mol. The molecule has 0 aliphatic carbocycles. The summed E-state index contributed by atoms with van der Waals surface area (Å²) >= 11 is 0. The maximum absolute atomic E-state index is 11.8. The molecular formula is C28H46O4. The number of allylic oxidation sites excluding steroid dienone is 2. The van der Waals surface area contributed by atoms with Gasteiger partial charge in [-0.05, 0) is 33.8 Å². The van der Waals surface area contributed by atoms with Crippen molar-refractivity contribution in [1.29, 1.82) is 0 Å². The van der Waals surface area contributed by atoms with Gasteiger partial charge in [-0.3, -0.25) is 9.59 Å². The zero-order valence-corrected chi connectivity index (χ0v) is 22.9. The average molecular weight is 447 g/mol. The van der Waals surface area contributed by atoms with Gasteiger partial charge < -0.3 is 9.47 Å². The molecule has 0 aromatic carbocycles. The first-order chi connectivity index (χ1) is 14.0. The Morgan fingerprint density at radius 3 is 0.938 bits per heavy atom. The lowest BCUT2D eigenvalue weighted by molar-refractivity contribution is -0.143. The highest BCUT2D eigenvalue weighted by Gasteiger charge is 2.30. The van der Waals surface area contributed by atoms with Gasteiger partial charge in [-0.1, -0.05) is 106 Å². The Labute approximate surface area is 197 Å². The van der Waals surface area contributed by atoms with Crippen molar-refractivity contribution in [3.05, 3.63) is 23.3 Å². The zero-order chi connectivity index (χ0) is 25.7. The highest BCUT2D eigenvalue weighted by Crippen LogP contribution is 2.40. The molecule has 0 spiro atoms. The summed E-state index contributed by atoms with van der Waals surface area (Å²) < 4.78 is 11.0. The Kier molecular flexibility index (Phi) is 10.1. The second kappa shape index (κ2) is 10.7. The molecule has 0 saturated heterocycles. The third kappa shape index (κ3) is 11.0. The quantitative estimate of drug-likeness (QED) is 0.268. The minimum absolute atomic E-state index is 0.126. The highest BCUT2D eigenvalue weighted by molar-refractivity contribution is 5.67. The highest BCUT2D eigenvalue weighted by atomic mass is 16.5. The molecule has 182 valence electrons. The van der Waals surface area contributed by atoms with Crippen LogP contribution < -0.4 is 0 Å². The third-order valence-electron chi connectivity index (χ3n) is 4.82. The first-order valence-electron chi connectivity index (χ1n) is 11.4. The Morgan fingerprint density at radius 1 is 0.562 bits per heavy atom. The minimum atomic E-state index is -0.736. The van der Waals surface area contributed by atoms with Gasteiger partial charge in [-0.25, -0.2) is 0 Å². The molecule has 0 radical (unpaired) electrons. The van der Waals surface area contributed by atoms with Gasteiger partial charge in [0.25, 0.3) is 0 Å². The lowest BCUT2D eigenvalue weighted by Crippen LogP contribution is -2.26. The fourth-order valence-electron chi connectivity index (χ4n) is 4.28. The summed E-state index contributed by atoms with van der Waals surface area (Å²) in [5, 5.41) is 0. The number of esters is 2. The van der Waals surface area contributed by atoms with Crippen molar-refractivity contribution < 1.29 is 19.1 Å². The number of rotatable bonds is 4. The van der Waals surface area contributed by atoms with Gasteiger partial charge in [0.05, 0.1) is 0 Å². The summed E-state index contributed by atoms with van der Waals surface area (Å²) in [7, 11) is 0. The Hall–Kier alpha value is -2.02. The molecule has 2 unspecified atom stereocenters. The van der Waals surface area contributed by atoms with Crippen LogP contribution in [0.1, 0.15) is 96.9 Å². The molecule has 0 amide bonds. The average Bonchev–Trinajstić information content (AvgIpc) is 2.48. The topological polar surface area (TPSA) is 52.6 Å². The zero-order valence-electron chi connectivity index (χ0n) is 22.9. The molecule has 0 rings (SSSR count).